The predicted octanol–water partition coefficient (Wildman–Crippen LogP) is 2.48. The number of urea groups is 1. The molecule has 0 bridgehead atoms. The van der Waals surface area contributed by atoms with E-state index < -0.39 is 50.5 Å². The molecule has 2 atom stereocenters. The van der Waals surface area contributed by atoms with E-state index in [0.29, 0.717) is 23.5 Å². The Morgan fingerprint density at radius 1 is 1.41 bits per heavy atom. The maximum absolute atomic E-state index is 12.8. The summed E-state index contributed by atoms with van der Waals surface area (Å²) in [6.07, 6.45) is 2.67. The first-order chi connectivity index (χ1) is 17.7. The number of primary amides is 1. The molecule has 0 aliphatic carbocycles. The molecule has 2 aromatic heterocycles. The summed E-state index contributed by atoms with van der Waals surface area (Å²) >= 11 is 0.940. The van der Waals surface area contributed by atoms with Crippen molar-refractivity contribution in [1.29, 1.82) is 0 Å². The second-order valence-corrected chi connectivity index (χ2v) is 7.49. The summed E-state index contributed by atoms with van der Waals surface area (Å²) in [7, 11) is 0. The van der Waals surface area contributed by atoms with Crippen LogP contribution in [0.2, 0.25) is 0 Å². The van der Waals surface area contributed by atoms with Crippen molar-refractivity contribution in [3.05, 3.63) is 18.1 Å². The highest BCUT2D eigenvalue weighted by Gasteiger charge is 2.38. The van der Waals surface area contributed by atoms with Crippen molar-refractivity contribution in [2.24, 2.45) is 11.7 Å². The molecule has 3 amide bonds. The number of aromatic nitrogens is 3. The van der Waals surface area contributed by atoms with Gasteiger partial charge in [-0.2, -0.15) is 0 Å². The minimum atomic E-state index is -3.50. The van der Waals surface area contributed by atoms with E-state index in [9.17, 15) is 9.59 Å². The molecule has 3 heterocycles. The largest absolute Gasteiger partial charge is 0.368 e. The Labute approximate surface area is 188 Å². The number of hydrogen-bond acceptors (Lipinski definition) is 7. The van der Waals surface area contributed by atoms with Crippen molar-refractivity contribution in [1.82, 2.24) is 19.9 Å². The number of rotatable bonds is 6. The number of thiazole rings is 1. The van der Waals surface area contributed by atoms with E-state index in [1.807, 2.05) is 6.92 Å². The summed E-state index contributed by atoms with van der Waals surface area (Å²) in [5.41, 5.74) is 5.79. The van der Waals surface area contributed by atoms with Crippen LogP contribution in [-0.4, -0.2) is 57.4 Å². The summed E-state index contributed by atoms with van der Waals surface area (Å²) < 4.78 is 78.0. The van der Waals surface area contributed by atoms with Crippen LogP contribution in [0.15, 0.2) is 12.4 Å². The third-order valence-corrected chi connectivity index (χ3v) is 5.67. The number of amides is 3. The van der Waals surface area contributed by atoms with Gasteiger partial charge in [0.15, 0.2) is 5.13 Å². The minimum Gasteiger partial charge on any atom is -0.368 e. The van der Waals surface area contributed by atoms with Crippen LogP contribution < -0.4 is 16.0 Å². The number of nitrogens with zero attached hydrogens (tertiary/aromatic N) is 5. The third-order valence-electron chi connectivity index (χ3n) is 4.57. The Morgan fingerprint density at radius 2 is 2.17 bits per heavy atom. The molecule has 1 fully saturated rings. The lowest BCUT2D eigenvalue weighted by atomic mass is 10.0. The summed E-state index contributed by atoms with van der Waals surface area (Å²) in [5, 5.41) is 2.73. The molecular formula is C19H27N7O2S. The first-order valence-corrected chi connectivity index (χ1v) is 9.49. The van der Waals surface area contributed by atoms with Crippen LogP contribution in [-0.2, 0) is 4.79 Å². The molecule has 1 aliphatic rings. The Morgan fingerprint density at radius 3 is 2.86 bits per heavy atom. The van der Waals surface area contributed by atoms with Crippen LogP contribution in [0.3, 0.4) is 0 Å². The number of aryl methyl sites for hydroxylation is 1. The third kappa shape index (κ3) is 4.31. The fourth-order valence-corrected chi connectivity index (χ4v) is 4.09. The maximum atomic E-state index is 12.8. The summed E-state index contributed by atoms with van der Waals surface area (Å²) in [5.74, 6) is -1.42. The number of anilines is 2. The fraction of sp³-hybridized carbons (Fsp3) is 0.526. The van der Waals surface area contributed by atoms with Crippen LogP contribution in [0.4, 0.5) is 15.7 Å². The van der Waals surface area contributed by atoms with E-state index in [1.54, 1.807) is 6.92 Å². The van der Waals surface area contributed by atoms with Crippen LogP contribution in [0.5, 0.6) is 0 Å². The predicted molar refractivity (Wildman–Crippen MR) is 114 cm³/mol. The molecule has 0 saturated carbocycles. The van der Waals surface area contributed by atoms with E-state index in [1.165, 1.54) is 11.1 Å². The summed E-state index contributed by atoms with van der Waals surface area (Å²) in [6.45, 7) is -10.2. The molecule has 1 saturated heterocycles. The lowest BCUT2D eigenvalue weighted by Gasteiger charge is -2.23. The average Bonchev–Trinajstić information content (AvgIpc) is 3.34. The lowest BCUT2D eigenvalue weighted by molar-refractivity contribution is -0.122. The second-order valence-electron chi connectivity index (χ2n) is 6.49. The standard InChI is InChI=1S/C19H27N7O2S/c1-5-25(6-2)14-10-21-9-13(23-14)16-12(4)22-18(29-16)24-19(28)26-8-7-11(3)15(26)17(20)27/h9-11,15H,5-8H2,1-4H3,(H2,20,27)(H,22,24,28)/t11-,15+/m1/s1/i1D3,2D3,5D2,6D2. The smallest absolute Gasteiger partial charge is 0.324 e. The van der Waals surface area contributed by atoms with Crippen molar-refractivity contribution < 1.29 is 23.3 Å². The second kappa shape index (κ2) is 8.73. The van der Waals surface area contributed by atoms with Gasteiger partial charge in [0.2, 0.25) is 5.91 Å². The van der Waals surface area contributed by atoms with Crippen LogP contribution in [0.25, 0.3) is 10.6 Å². The van der Waals surface area contributed by atoms with E-state index in [2.05, 4.69) is 20.3 Å². The normalized spacial score (nSPS) is 25.7. The van der Waals surface area contributed by atoms with E-state index in [-0.39, 0.29) is 21.6 Å². The highest BCUT2D eigenvalue weighted by molar-refractivity contribution is 7.19. The first kappa shape index (κ1) is 11.4. The Bertz CT molecular complexity index is 1220. The zero-order chi connectivity index (χ0) is 29.7. The van der Waals surface area contributed by atoms with Crippen molar-refractivity contribution in [3.63, 3.8) is 0 Å². The van der Waals surface area contributed by atoms with E-state index in [4.69, 9.17) is 19.4 Å². The molecule has 29 heavy (non-hydrogen) atoms. The summed E-state index contributed by atoms with van der Waals surface area (Å²) in [6, 6.07) is -1.37. The van der Waals surface area contributed by atoms with Crippen molar-refractivity contribution >= 4 is 34.2 Å². The highest BCUT2D eigenvalue weighted by atomic mass is 32.1. The van der Waals surface area contributed by atoms with Crippen LogP contribution in [0.1, 0.15) is 46.4 Å². The molecule has 0 spiro atoms. The van der Waals surface area contributed by atoms with Gasteiger partial charge < -0.3 is 15.5 Å². The molecule has 156 valence electrons. The highest BCUT2D eigenvalue weighted by Crippen LogP contribution is 2.33. The Hall–Kier alpha value is -2.75. The molecular weight excluding hydrogens is 390 g/mol. The van der Waals surface area contributed by atoms with Crippen molar-refractivity contribution in [3.8, 4) is 10.6 Å². The van der Waals surface area contributed by atoms with Gasteiger partial charge in [0, 0.05) is 33.2 Å². The van der Waals surface area contributed by atoms with Crippen LogP contribution in [0, 0.1) is 12.8 Å². The molecule has 1 aliphatic heterocycles. The van der Waals surface area contributed by atoms with Gasteiger partial charge >= 0.3 is 6.03 Å². The van der Waals surface area contributed by atoms with E-state index in [0.717, 1.165) is 17.5 Å². The topological polar surface area (TPSA) is 117 Å². The molecule has 3 N–H and O–H groups in total. The molecule has 10 heteroatoms. The fourth-order valence-electron chi connectivity index (χ4n) is 3.17. The van der Waals surface area contributed by atoms with Gasteiger partial charge in [-0.05, 0) is 33.0 Å². The maximum Gasteiger partial charge on any atom is 0.324 e. The van der Waals surface area contributed by atoms with Gasteiger partial charge in [-0.25, -0.2) is 14.8 Å². The minimum absolute atomic E-state index is 0.000454. The molecule has 0 aromatic carbocycles. The lowest BCUT2D eigenvalue weighted by Crippen LogP contribution is -2.47. The Balaban J connectivity index is 2.00. The molecule has 9 nitrogen and oxygen atoms in total. The summed E-state index contributed by atoms with van der Waals surface area (Å²) in [4.78, 5) is 38.6. The quantitative estimate of drug-likeness (QED) is 0.731. The first-order valence-electron chi connectivity index (χ1n) is 13.7. The number of likely N-dealkylation sites (tertiary alicyclic amines) is 1. The van der Waals surface area contributed by atoms with Crippen LogP contribution >= 0.6 is 11.3 Å². The number of nitrogens with two attached hydrogens (primary N) is 1. The number of nitrogens with one attached hydrogen (secondary N) is 1. The van der Waals surface area contributed by atoms with Gasteiger partial charge in [-0.1, -0.05) is 18.3 Å². The molecule has 3 rings (SSSR count). The zero-order valence-corrected chi connectivity index (χ0v) is 16.6. The van der Waals surface area contributed by atoms with Gasteiger partial charge in [0.25, 0.3) is 0 Å². The van der Waals surface area contributed by atoms with Gasteiger partial charge in [-0.15, -0.1) is 0 Å². The molecule has 0 radical (unpaired) electrons. The molecule has 0 unspecified atom stereocenters. The zero-order valence-electron chi connectivity index (χ0n) is 25.8. The van der Waals surface area contributed by atoms with Crippen molar-refractivity contribution in [2.45, 2.75) is 40.0 Å². The van der Waals surface area contributed by atoms with Gasteiger partial charge in [0.05, 0.1) is 23.0 Å². The number of carbonyl (C=O) groups excluding carboxylic acids is 2. The monoisotopic (exact) mass is 427 g/mol. The van der Waals surface area contributed by atoms with Crippen molar-refractivity contribution in [2.75, 3.05) is 29.8 Å². The SMILES string of the molecule is [2H]C([2H])([2H])C([2H])([2H])N(c1cncc(-c2sc(NC(=O)N3CC[C@@H](C)[C@H]3C(N)=O)nc2C)n1)C([2H])([2H])C([2H])([2H])[2H]. The average molecular weight is 428 g/mol. The number of hydrogen-bond donors (Lipinski definition) is 2. The molecule has 2 aromatic rings. The van der Waals surface area contributed by atoms with Gasteiger partial charge in [0.1, 0.15) is 17.6 Å². The van der Waals surface area contributed by atoms with E-state index >= 15 is 0 Å². The Kier molecular flexibility index (Phi) is 3.44. The number of carbonyl (C=O) groups is 2. The van der Waals surface area contributed by atoms with Gasteiger partial charge in [-0.3, -0.25) is 15.1 Å².